The van der Waals surface area contributed by atoms with Gasteiger partial charge in [0.2, 0.25) is 11.8 Å². The van der Waals surface area contributed by atoms with Crippen molar-refractivity contribution in [1.82, 2.24) is 9.97 Å². The molecule has 1 N–H and O–H groups in total. The number of nitriles is 2. The lowest BCUT2D eigenvalue weighted by Crippen LogP contribution is -2.26. The summed E-state index contributed by atoms with van der Waals surface area (Å²) < 4.78 is 0. The normalized spacial score (nSPS) is 9.06. The van der Waals surface area contributed by atoms with Gasteiger partial charge in [0.15, 0.2) is 0 Å². The monoisotopic (exact) mass is 247 g/mol. The number of hydrogen-bond donors (Lipinski definition) is 1. The van der Waals surface area contributed by atoms with Gasteiger partial charge in [0, 0.05) is 7.05 Å². The van der Waals surface area contributed by atoms with Crippen molar-refractivity contribution < 1.29 is 4.92 Å². The lowest BCUT2D eigenvalue weighted by atomic mass is 10.4. The van der Waals surface area contributed by atoms with Crippen LogP contribution in [0.25, 0.3) is 0 Å². The van der Waals surface area contributed by atoms with Crippen molar-refractivity contribution in [2.45, 2.75) is 0 Å². The van der Waals surface area contributed by atoms with Gasteiger partial charge in [-0.05, 0) is 0 Å². The molecule has 1 aromatic rings. The Bertz CT molecular complexity index is 515. The first kappa shape index (κ1) is 13.1. The predicted molar refractivity (Wildman–Crippen MR) is 61.7 cm³/mol. The average Bonchev–Trinajstić information content (AvgIpc) is 2.37. The minimum atomic E-state index is -0.656. The van der Waals surface area contributed by atoms with E-state index in [1.54, 1.807) is 7.05 Å². The maximum atomic E-state index is 10.8. The quantitative estimate of drug-likeness (QED) is 0.445. The van der Waals surface area contributed by atoms with Gasteiger partial charge in [-0.15, -0.1) is 0 Å². The van der Waals surface area contributed by atoms with Crippen molar-refractivity contribution in [2.75, 3.05) is 30.4 Å². The molecule has 1 aromatic heterocycles. The highest BCUT2D eigenvalue weighted by molar-refractivity contribution is 5.59. The second-order valence-corrected chi connectivity index (χ2v) is 3.08. The fourth-order valence-electron chi connectivity index (χ4n) is 1.22. The first-order chi connectivity index (χ1) is 8.63. The van der Waals surface area contributed by atoms with Crippen LogP contribution in [0.3, 0.4) is 0 Å². The maximum absolute atomic E-state index is 10.8. The Labute approximate surface area is 102 Å². The fourth-order valence-corrected chi connectivity index (χ4v) is 1.22. The third-order valence-corrected chi connectivity index (χ3v) is 1.99. The lowest BCUT2D eigenvalue weighted by Gasteiger charge is -2.16. The van der Waals surface area contributed by atoms with Crippen molar-refractivity contribution in [3.8, 4) is 12.1 Å². The maximum Gasteiger partial charge on any atom is 0.329 e. The molecule has 0 saturated heterocycles. The molecule has 9 nitrogen and oxygen atoms in total. The Kier molecular flexibility index (Phi) is 4.35. The van der Waals surface area contributed by atoms with Gasteiger partial charge in [0.25, 0.3) is 0 Å². The van der Waals surface area contributed by atoms with E-state index in [1.165, 1.54) is 4.90 Å². The van der Waals surface area contributed by atoms with Crippen LogP contribution in [0.1, 0.15) is 0 Å². The van der Waals surface area contributed by atoms with Crippen LogP contribution < -0.4 is 10.2 Å². The summed E-state index contributed by atoms with van der Waals surface area (Å²) in [6.45, 7) is -0.344. The second-order valence-electron chi connectivity index (χ2n) is 3.08. The summed E-state index contributed by atoms with van der Waals surface area (Å²) in [4.78, 5) is 19.0. The molecule has 0 aliphatic heterocycles. The molecule has 0 atom stereocenters. The molecule has 92 valence electrons. The van der Waals surface area contributed by atoms with Gasteiger partial charge < -0.3 is 10.2 Å². The van der Waals surface area contributed by atoms with Crippen LogP contribution in [-0.4, -0.2) is 35.0 Å². The van der Waals surface area contributed by atoms with Gasteiger partial charge in [-0.2, -0.15) is 15.5 Å². The largest absolute Gasteiger partial charge is 0.357 e. The van der Waals surface area contributed by atoms with Gasteiger partial charge in [-0.3, -0.25) is 10.1 Å². The van der Waals surface area contributed by atoms with E-state index in [2.05, 4.69) is 15.3 Å². The van der Waals surface area contributed by atoms with E-state index < -0.39 is 4.92 Å². The fraction of sp³-hybridized carbons (Fsp3) is 0.333. The van der Waals surface area contributed by atoms with Gasteiger partial charge in [0.05, 0.1) is 17.1 Å². The summed E-state index contributed by atoms with van der Waals surface area (Å²) in [5.41, 5.74) is -0.348. The molecular formula is C9H9N7O2. The molecule has 0 aliphatic rings. The smallest absolute Gasteiger partial charge is 0.329 e. The molecule has 0 aliphatic carbocycles. The molecule has 18 heavy (non-hydrogen) atoms. The number of rotatable bonds is 5. The Morgan fingerprint density at radius 3 is 2.56 bits per heavy atom. The number of nitrogens with zero attached hydrogens (tertiary/aromatic N) is 6. The molecule has 1 rings (SSSR count). The molecule has 0 radical (unpaired) electrons. The van der Waals surface area contributed by atoms with Crippen molar-refractivity contribution >= 4 is 17.5 Å². The molecule has 0 spiro atoms. The van der Waals surface area contributed by atoms with Crippen LogP contribution in [0.2, 0.25) is 0 Å². The molecule has 1 heterocycles. The molecule has 0 aromatic carbocycles. The highest BCUT2D eigenvalue weighted by Gasteiger charge is 2.22. The molecular weight excluding hydrogens is 238 g/mol. The van der Waals surface area contributed by atoms with E-state index >= 15 is 0 Å². The predicted octanol–water partition coefficient (Wildman–Crippen LogP) is 0.280. The van der Waals surface area contributed by atoms with E-state index in [-0.39, 0.29) is 30.5 Å². The molecule has 0 unspecified atom stereocenters. The lowest BCUT2D eigenvalue weighted by molar-refractivity contribution is -0.384. The van der Waals surface area contributed by atoms with Gasteiger partial charge in [-0.25, -0.2) is 4.98 Å². The highest BCUT2D eigenvalue weighted by Crippen LogP contribution is 2.25. The van der Waals surface area contributed by atoms with E-state index in [4.69, 9.17) is 10.5 Å². The number of anilines is 2. The van der Waals surface area contributed by atoms with Crippen LogP contribution in [0.15, 0.2) is 6.20 Å². The Balaban J connectivity index is 3.28. The van der Waals surface area contributed by atoms with Crippen molar-refractivity contribution in [3.63, 3.8) is 0 Å². The summed E-state index contributed by atoms with van der Waals surface area (Å²) in [6.07, 6.45) is 1.04. The highest BCUT2D eigenvalue weighted by atomic mass is 16.6. The van der Waals surface area contributed by atoms with Crippen LogP contribution >= 0.6 is 0 Å². The summed E-state index contributed by atoms with van der Waals surface area (Å²) in [5.74, 6) is 0.124. The summed E-state index contributed by atoms with van der Waals surface area (Å²) in [5, 5.41) is 30.8. The zero-order chi connectivity index (χ0) is 13.5. The van der Waals surface area contributed by atoms with Crippen molar-refractivity contribution in [3.05, 3.63) is 16.3 Å². The van der Waals surface area contributed by atoms with Crippen molar-refractivity contribution in [2.24, 2.45) is 0 Å². The summed E-state index contributed by atoms with van der Waals surface area (Å²) in [7, 11) is 1.56. The third kappa shape index (κ3) is 2.80. The van der Waals surface area contributed by atoms with Gasteiger partial charge >= 0.3 is 5.69 Å². The van der Waals surface area contributed by atoms with Crippen molar-refractivity contribution in [1.29, 1.82) is 10.5 Å². The first-order valence-electron chi connectivity index (χ1n) is 4.82. The van der Waals surface area contributed by atoms with E-state index in [0.717, 1.165) is 6.20 Å². The molecule has 0 fully saturated rings. The minimum absolute atomic E-state index is 0.0533. The number of nitro groups is 1. The first-order valence-corrected chi connectivity index (χ1v) is 4.82. The van der Waals surface area contributed by atoms with Crippen LogP contribution in [0.4, 0.5) is 17.5 Å². The average molecular weight is 247 g/mol. The number of nitrogens with one attached hydrogen (secondary N) is 1. The molecule has 0 saturated carbocycles. The molecule has 0 amide bonds. The third-order valence-electron chi connectivity index (χ3n) is 1.99. The minimum Gasteiger partial charge on any atom is -0.357 e. The Hall–Kier alpha value is -2.94. The number of aromatic nitrogens is 2. The van der Waals surface area contributed by atoms with E-state index in [9.17, 15) is 10.1 Å². The van der Waals surface area contributed by atoms with Gasteiger partial charge in [0.1, 0.15) is 19.3 Å². The Morgan fingerprint density at radius 1 is 1.50 bits per heavy atom. The standard InChI is InChI=1S/C9H9N7O2/c1-12-9-13-6-7(16(17)18)8(14-9)15(4-2-10)5-3-11/h6H,4-5H2,1H3,(H,12,13,14). The van der Waals surface area contributed by atoms with E-state index in [0.29, 0.717) is 0 Å². The van der Waals surface area contributed by atoms with E-state index in [1.807, 2.05) is 12.1 Å². The topological polar surface area (TPSA) is 132 Å². The Morgan fingerprint density at radius 2 is 2.11 bits per heavy atom. The number of hydrogen-bond acceptors (Lipinski definition) is 8. The van der Waals surface area contributed by atoms with Gasteiger partial charge in [-0.1, -0.05) is 0 Å². The summed E-state index contributed by atoms with van der Waals surface area (Å²) >= 11 is 0. The zero-order valence-corrected chi connectivity index (χ0v) is 9.49. The zero-order valence-electron chi connectivity index (χ0n) is 9.49. The van der Waals surface area contributed by atoms with Crippen LogP contribution in [-0.2, 0) is 0 Å². The summed E-state index contributed by atoms with van der Waals surface area (Å²) in [6, 6.07) is 3.65. The van der Waals surface area contributed by atoms with Crippen LogP contribution in [0.5, 0.6) is 0 Å². The van der Waals surface area contributed by atoms with Crippen LogP contribution in [0, 0.1) is 32.8 Å². The SMILES string of the molecule is CNc1ncc([N+](=O)[O-])c(N(CC#N)CC#N)n1. The second kappa shape index (κ2) is 5.96. The molecule has 0 bridgehead atoms. The molecule has 9 heteroatoms.